The first kappa shape index (κ1) is 22.7. The maximum atomic E-state index is 11.3. The van der Waals surface area contributed by atoms with Crippen molar-refractivity contribution in [3.05, 3.63) is 90.6 Å². The number of nitro groups is 1. The second-order valence-corrected chi connectivity index (χ2v) is 8.64. The van der Waals surface area contributed by atoms with Crippen LogP contribution in [0.3, 0.4) is 0 Å². The van der Waals surface area contributed by atoms with Crippen molar-refractivity contribution in [2.75, 3.05) is 6.54 Å². The maximum absolute atomic E-state index is 11.3. The molecule has 0 bridgehead atoms. The summed E-state index contributed by atoms with van der Waals surface area (Å²) in [6, 6.07) is 10.9. The van der Waals surface area contributed by atoms with Gasteiger partial charge in [-0.05, 0) is 51.0 Å². The Labute approximate surface area is 190 Å². The van der Waals surface area contributed by atoms with Gasteiger partial charge in [0.2, 0.25) is 4.80 Å². The summed E-state index contributed by atoms with van der Waals surface area (Å²) >= 11 is 7.45. The zero-order valence-corrected chi connectivity index (χ0v) is 19.4. The second kappa shape index (κ2) is 9.41. The Morgan fingerprint density at radius 3 is 2.58 bits per heavy atom. The number of hydrogen-bond donors (Lipinski definition) is 0. The minimum Gasteiger partial charge on any atom is -0.258 e. The van der Waals surface area contributed by atoms with Crippen LogP contribution in [0.1, 0.15) is 30.5 Å². The van der Waals surface area contributed by atoms with E-state index in [0.717, 1.165) is 21.6 Å². The Kier molecular flexibility index (Phi) is 6.87. The van der Waals surface area contributed by atoms with Gasteiger partial charge in [-0.1, -0.05) is 42.0 Å². The van der Waals surface area contributed by atoms with Crippen LogP contribution in [0.25, 0.3) is 11.3 Å². The van der Waals surface area contributed by atoms with Crippen molar-refractivity contribution in [1.82, 2.24) is 4.68 Å². The Morgan fingerprint density at radius 2 is 1.94 bits per heavy atom. The number of nitro benzene ring substituents is 1. The van der Waals surface area contributed by atoms with Gasteiger partial charge >= 0.3 is 0 Å². The number of thiazole rings is 1. The molecule has 0 radical (unpaired) electrons. The Balaban J connectivity index is 2.18. The number of aromatic nitrogens is 1. The van der Waals surface area contributed by atoms with Crippen molar-refractivity contribution >= 4 is 34.3 Å². The fourth-order valence-electron chi connectivity index (χ4n) is 2.89. The maximum Gasteiger partial charge on any atom is 0.288 e. The monoisotopic (exact) mass is 454 g/mol. The largest absolute Gasteiger partial charge is 0.288 e. The third kappa shape index (κ3) is 5.18. The normalized spacial score (nSPS) is 12.3. The van der Waals surface area contributed by atoms with Crippen molar-refractivity contribution < 1.29 is 4.92 Å². The van der Waals surface area contributed by atoms with Gasteiger partial charge in [0.1, 0.15) is 5.02 Å². The molecule has 0 N–H and O–H groups in total. The first-order chi connectivity index (χ1) is 14.7. The van der Waals surface area contributed by atoms with Gasteiger partial charge in [-0.15, -0.1) is 11.3 Å². The minimum absolute atomic E-state index is 0.0951. The molecular weight excluding hydrogens is 432 g/mol. The number of halogens is 1. The summed E-state index contributed by atoms with van der Waals surface area (Å²) in [6.45, 7) is 12.3. The third-order valence-electron chi connectivity index (χ3n) is 4.78. The molecule has 0 spiro atoms. The molecular formula is C23H23ClN4O2S. The summed E-state index contributed by atoms with van der Waals surface area (Å²) in [7, 11) is 0. The predicted octanol–water partition coefficient (Wildman–Crippen LogP) is 6.14. The topological polar surface area (TPSA) is 72.8 Å². The Bertz CT molecular complexity index is 1270. The summed E-state index contributed by atoms with van der Waals surface area (Å²) in [5, 5.41) is 18.2. The van der Waals surface area contributed by atoms with Crippen molar-refractivity contribution in [1.29, 1.82) is 0 Å². The van der Waals surface area contributed by atoms with E-state index in [4.69, 9.17) is 16.7 Å². The molecule has 2 aromatic carbocycles. The van der Waals surface area contributed by atoms with Crippen LogP contribution in [-0.4, -0.2) is 21.9 Å². The molecule has 6 nitrogen and oxygen atoms in total. The average molecular weight is 455 g/mol. The molecule has 1 heterocycles. The lowest BCUT2D eigenvalue weighted by Crippen LogP contribution is -2.15. The quantitative estimate of drug-likeness (QED) is 0.194. The molecule has 0 aliphatic heterocycles. The molecule has 8 heteroatoms. The summed E-state index contributed by atoms with van der Waals surface area (Å²) in [4.78, 5) is 16.1. The summed E-state index contributed by atoms with van der Waals surface area (Å²) in [5.41, 5.74) is 6.35. The fraction of sp³-hybridized carbons (Fsp3) is 0.217. The molecule has 0 unspecified atom stereocenters. The first-order valence-electron chi connectivity index (χ1n) is 9.60. The van der Waals surface area contributed by atoms with Crippen LogP contribution in [0.4, 0.5) is 5.69 Å². The van der Waals surface area contributed by atoms with Crippen LogP contribution >= 0.6 is 22.9 Å². The van der Waals surface area contributed by atoms with Gasteiger partial charge in [-0.3, -0.25) is 15.1 Å². The Morgan fingerprint density at radius 1 is 1.19 bits per heavy atom. The van der Waals surface area contributed by atoms with Crippen LogP contribution in [-0.2, 0) is 0 Å². The van der Waals surface area contributed by atoms with E-state index in [9.17, 15) is 10.1 Å². The average Bonchev–Trinajstić information content (AvgIpc) is 3.11. The highest BCUT2D eigenvalue weighted by molar-refractivity contribution is 7.07. The van der Waals surface area contributed by atoms with Crippen molar-refractivity contribution in [2.24, 2.45) is 10.1 Å². The van der Waals surface area contributed by atoms with Crippen molar-refractivity contribution in [3.63, 3.8) is 0 Å². The summed E-state index contributed by atoms with van der Waals surface area (Å²) in [6.07, 6.45) is 0. The zero-order valence-electron chi connectivity index (χ0n) is 17.8. The van der Waals surface area contributed by atoms with E-state index < -0.39 is 4.92 Å². The van der Waals surface area contributed by atoms with E-state index in [1.54, 1.807) is 10.7 Å². The van der Waals surface area contributed by atoms with E-state index in [1.807, 2.05) is 19.2 Å². The van der Waals surface area contributed by atoms with Gasteiger partial charge in [0, 0.05) is 22.6 Å². The van der Waals surface area contributed by atoms with Gasteiger partial charge in [0.05, 0.1) is 22.9 Å². The lowest BCUT2D eigenvalue weighted by molar-refractivity contribution is -0.384. The Hall–Kier alpha value is -3.03. The number of hydrogen-bond acceptors (Lipinski definition) is 5. The zero-order chi connectivity index (χ0) is 22.7. The standard InChI is InChI=1S/C23H23ClN4O2S/c1-14(2)12-25-23-27(22(13-31-23)19-7-6-15(3)16(4)10-19)26-17(5)18-8-9-20(24)21(11-18)28(29)30/h6-11,13H,1,12H2,2-5H3. The number of aryl methyl sites for hydroxylation is 2. The van der Waals surface area contributed by atoms with E-state index in [0.29, 0.717) is 17.8 Å². The van der Waals surface area contributed by atoms with Crippen LogP contribution in [0, 0.1) is 24.0 Å². The van der Waals surface area contributed by atoms with Gasteiger partial charge < -0.3 is 0 Å². The molecule has 31 heavy (non-hydrogen) atoms. The summed E-state index contributed by atoms with van der Waals surface area (Å²) in [5.74, 6) is 0. The predicted molar refractivity (Wildman–Crippen MR) is 128 cm³/mol. The van der Waals surface area contributed by atoms with Crippen LogP contribution in [0.5, 0.6) is 0 Å². The first-order valence-corrected chi connectivity index (χ1v) is 10.9. The lowest BCUT2D eigenvalue weighted by atomic mass is 10.1. The SMILES string of the molecule is C=C(C)CN=c1scc(-c2ccc(C)c(C)c2)n1N=C(C)c1ccc(Cl)c([N+](=O)[O-])c1. The molecule has 0 saturated heterocycles. The third-order valence-corrected chi connectivity index (χ3v) is 5.96. The van der Waals surface area contributed by atoms with Gasteiger partial charge in [0.25, 0.3) is 5.69 Å². The van der Waals surface area contributed by atoms with Crippen molar-refractivity contribution in [2.45, 2.75) is 27.7 Å². The molecule has 3 rings (SSSR count). The van der Waals surface area contributed by atoms with Gasteiger partial charge in [0.15, 0.2) is 0 Å². The van der Waals surface area contributed by atoms with Crippen LogP contribution < -0.4 is 4.80 Å². The van der Waals surface area contributed by atoms with Crippen molar-refractivity contribution in [3.8, 4) is 11.3 Å². The second-order valence-electron chi connectivity index (χ2n) is 7.40. The molecule has 0 aliphatic carbocycles. The van der Waals surface area contributed by atoms with E-state index >= 15 is 0 Å². The highest BCUT2D eigenvalue weighted by atomic mass is 35.5. The van der Waals surface area contributed by atoms with E-state index in [-0.39, 0.29) is 10.7 Å². The van der Waals surface area contributed by atoms with E-state index in [1.165, 1.54) is 34.6 Å². The highest BCUT2D eigenvalue weighted by Gasteiger charge is 2.15. The summed E-state index contributed by atoms with van der Waals surface area (Å²) < 4.78 is 1.79. The lowest BCUT2D eigenvalue weighted by Gasteiger charge is -2.08. The van der Waals surface area contributed by atoms with Gasteiger partial charge in [-0.25, -0.2) is 4.68 Å². The molecule has 0 aliphatic rings. The van der Waals surface area contributed by atoms with Crippen LogP contribution in [0.2, 0.25) is 5.02 Å². The van der Waals surface area contributed by atoms with Crippen LogP contribution in [0.15, 0.2) is 64.0 Å². The smallest absolute Gasteiger partial charge is 0.258 e. The number of nitrogens with zero attached hydrogens (tertiary/aromatic N) is 4. The molecule has 1 aromatic heterocycles. The molecule has 0 amide bonds. The minimum atomic E-state index is -0.495. The molecule has 160 valence electrons. The fourth-order valence-corrected chi connectivity index (χ4v) is 3.91. The molecule has 3 aromatic rings. The van der Waals surface area contributed by atoms with E-state index in [2.05, 4.69) is 43.6 Å². The molecule has 0 fully saturated rings. The highest BCUT2D eigenvalue weighted by Crippen LogP contribution is 2.26. The number of rotatable bonds is 6. The molecule has 0 saturated carbocycles. The van der Waals surface area contributed by atoms with Gasteiger partial charge in [-0.2, -0.15) is 5.10 Å². The number of benzene rings is 2. The molecule has 0 atom stereocenters.